The minimum absolute atomic E-state index is 0.161. The zero-order valence-electron chi connectivity index (χ0n) is 21.6. The molecule has 0 heterocycles. The fourth-order valence-corrected chi connectivity index (χ4v) is 4.87. The first-order chi connectivity index (χ1) is 18.1. The van der Waals surface area contributed by atoms with Gasteiger partial charge in [-0.25, -0.2) is 12.8 Å². The van der Waals surface area contributed by atoms with Crippen molar-refractivity contribution in [1.29, 1.82) is 0 Å². The van der Waals surface area contributed by atoms with Crippen molar-refractivity contribution in [3.05, 3.63) is 95.8 Å². The lowest BCUT2D eigenvalue weighted by Gasteiger charge is -2.33. The van der Waals surface area contributed by atoms with Gasteiger partial charge in [0.15, 0.2) is 0 Å². The first-order valence-corrected chi connectivity index (χ1v) is 13.9. The van der Waals surface area contributed by atoms with Crippen molar-refractivity contribution in [2.24, 2.45) is 0 Å². The highest BCUT2D eigenvalue weighted by atomic mass is 32.2. The number of likely N-dealkylation sites (N-methyl/N-ethyl adjacent to an activating group) is 1. The largest absolute Gasteiger partial charge is 0.497 e. The third-order valence-electron chi connectivity index (χ3n) is 5.96. The summed E-state index contributed by atoms with van der Waals surface area (Å²) in [6.45, 7) is 1.29. The molecule has 0 spiro atoms. The number of carbonyl (C=O) groups is 2. The van der Waals surface area contributed by atoms with Crippen molar-refractivity contribution in [3.8, 4) is 5.75 Å². The van der Waals surface area contributed by atoms with Crippen LogP contribution in [0.5, 0.6) is 5.75 Å². The normalized spacial score (nSPS) is 11.9. The number of hydrogen-bond acceptors (Lipinski definition) is 5. The van der Waals surface area contributed by atoms with Crippen LogP contribution in [0.1, 0.15) is 18.1 Å². The molecule has 8 nitrogen and oxygen atoms in total. The number of ether oxygens (including phenoxy) is 1. The van der Waals surface area contributed by atoms with Gasteiger partial charge in [-0.05, 0) is 42.8 Å². The minimum atomic E-state index is -3.89. The first-order valence-electron chi connectivity index (χ1n) is 12.1. The van der Waals surface area contributed by atoms with Crippen LogP contribution in [0.4, 0.5) is 10.1 Å². The van der Waals surface area contributed by atoms with Gasteiger partial charge in [-0.2, -0.15) is 0 Å². The molecule has 2 amide bonds. The fraction of sp³-hybridized carbons (Fsp3) is 0.286. The Balaban J connectivity index is 2.03. The van der Waals surface area contributed by atoms with E-state index in [0.717, 1.165) is 16.1 Å². The molecule has 0 aromatic heterocycles. The standard InChI is InChI=1S/C28H32FN3O5S/c1-4-30-28(34)26(18-21-10-6-5-7-11-21)31(19-22-12-8-9-13-25(22)29)27(33)20-32(38(3,35)36)23-14-16-24(37-2)17-15-23/h5-17,26H,4,18-20H2,1-3H3,(H,30,34)/t26-/m0/s1. The highest BCUT2D eigenvalue weighted by molar-refractivity contribution is 7.92. The molecule has 10 heteroatoms. The van der Waals surface area contributed by atoms with Gasteiger partial charge >= 0.3 is 0 Å². The Kier molecular flexibility index (Phi) is 9.84. The summed E-state index contributed by atoms with van der Waals surface area (Å²) in [7, 11) is -2.40. The highest BCUT2D eigenvalue weighted by Crippen LogP contribution is 2.23. The number of amides is 2. The van der Waals surface area contributed by atoms with E-state index in [2.05, 4.69) is 5.32 Å². The van der Waals surface area contributed by atoms with Crippen LogP contribution in [0.15, 0.2) is 78.9 Å². The van der Waals surface area contributed by atoms with Crippen molar-refractivity contribution in [2.45, 2.75) is 25.9 Å². The second kappa shape index (κ2) is 13.0. The Hall–Kier alpha value is -3.92. The molecular formula is C28H32FN3O5S. The Morgan fingerprint density at radius 3 is 2.18 bits per heavy atom. The number of anilines is 1. The molecule has 0 bridgehead atoms. The number of halogens is 1. The Morgan fingerprint density at radius 1 is 0.974 bits per heavy atom. The number of sulfonamides is 1. The predicted octanol–water partition coefficient (Wildman–Crippen LogP) is 3.38. The molecule has 3 rings (SSSR count). The second-order valence-electron chi connectivity index (χ2n) is 8.68. The van der Waals surface area contributed by atoms with Crippen LogP contribution in [-0.2, 0) is 32.6 Å². The molecule has 0 saturated heterocycles. The molecule has 0 aliphatic rings. The average Bonchev–Trinajstić information content (AvgIpc) is 2.90. The van der Waals surface area contributed by atoms with Crippen LogP contribution in [0.25, 0.3) is 0 Å². The van der Waals surface area contributed by atoms with Gasteiger partial charge in [0, 0.05) is 25.1 Å². The monoisotopic (exact) mass is 541 g/mol. The summed E-state index contributed by atoms with van der Waals surface area (Å²) in [5.41, 5.74) is 1.26. The quantitative estimate of drug-likeness (QED) is 0.379. The van der Waals surface area contributed by atoms with Gasteiger partial charge < -0.3 is 15.0 Å². The molecule has 0 aliphatic carbocycles. The van der Waals surface area contributed by atoms with E-state index in [1.807, 2.05) is 30.3 Å². The van der Waals surface area contributed by atoms with Crippen molar-refractivity contribution in [2.75, 3.05) is 30.8 Å². The zero-order valence-corrected chi connectivity index (χ0v) is 22.4. The van der Waals surface area contributed by atoms with Gasteiger partial charge in [-0.3, -0.25) is 13.9 Å². The van der Waals surface area contributed by atoms with E-state index in [1.165, 1.54) is 42.3 Å². The lowest BCUT2D eigenvalue weighted by molar-refractivity contribution is -0.140. The number of nitrogens with one attached hydrogen (secondary N) is 1. The maximum absolute atomic E-state index is 14.7. The van der Waals surface area contributed by atoms with E-state index in [1.54, 1.807) is 25.1 Å². The first kappa shape index (κ1) is 28.6. The summed E-state index contributed by atoms with van der Waals surface area (Å²) >= 11 is 0. The van der Waals surface area contributed by atoms with E-state index in [4.69, 9.17) is 4.74 Å². The van der Waals surface area contributed by atoms with Crippen molar-refractivity contribution in [3.63, 3.8) is 0 Å². The molecule has 0 saturated carbocycles. The fourth-order valence-electron chi connectivity index (χ4n) is 4.02. The van der Waals surface area contributed by atoms with Gasteiger partial charge in [-0.15, -0.1) is 0 Å². The molecule has 1 atom stereocenters. The smallest absolute Gasteiger partial charge is 0.244 e. The minimum Gasteiger partial charge on any atom is -0.497 e. The highest BCUT2D eigenvalue weighted by Gasteiger charge is 2.33. The summed E-state index contributed by atoms with van der Waals surface area (Å²) < 4.78 is 46.3. The predicted molar refractivity (Wildman–Crippen MR) is 145 cm³/mol. The average molecular weight is 542 g/mol. The molecule has 3 aromatic rings. The van der Waals surface area contributed by atoms with E-state index in [0.29, 0.717) is 12.3 Å². The van der Waals surface area contributed by atoms with Crippen LogP contribution in [0.3, 0.4) is 0 Å². The lowest BCUT2D eigenvalue weighted by Crippen LogP contribution is -2.53. The van der Waals surface area contributed by atoms with E-state index >= 15 is 0 Å². The number of rotatable bonds is 12. The molecule has 202 valence electrons. The number of carbonyl (C=O) groups excluding carboxylic acids is 2. The lowest BCUT2D eigenvalue weighted by atomic mass is 10.0. The third-order valence-corrected chi connectivity index (χ3v) is 7.10. The second-order valence-corrected chi connectivity index (χ2v) is 10.6. The van der Waals surface area contributed by atoms with E-state index in [9.17, 15) is 22.4 Å². The molecule has 1 N–H and O–H groups in total. The van der Waals surface area contributed by atoms with Crippen molar-refractivity contribution < 1.29 is 27.1 Å². The molecule has 0 unspecified atom stereocenters. The van der Waals surface area contributed by atoms with Gasteiger partial charge in [-0.1, -0.05) is 48.5 Å². The molecule has 0 radical (unpaired) electrons. The number of hydrogen-bond donors (Lipinski definition) is 1. The van der Waals surface area contributed by atoms with Crippen LogP contribution in [0.2, 0.25) is 0 Å². The molecule has 0 fully saturated rings. The summed E-state index contributed by atoms with van der Waals surface area (Å²) in [6.07, 6.45) is 1.16. The van der Waals surface area contributed by atoms with Crippen LogP contribution >= 0.6 is 0 Å². The van der Waals surface area contributed by atoms with Crippen molar-refractivity contribution >= 4 is 27.5 Å². The van der Waals surface area contributed by atoms with Gasteiger partial charge in [0.2, 0.25) is 21.8 Å². The Morgan fingerprint density at radius 2 is 1.61 bits per heavy atom. The SMILES string of the molecule is CCNC(=O)[C@H](Cc1ccccc1)N(Cc1ccccc1F)C(=O)CN(c1ccc(OC)cc1)S(C)(=O)=O. The number of methoxy groups -OCH3 is 1. The molecule has 0 aliphatic heterocycles. The topological polar surface area (TPSA) is 96.0 Å². The summed E-state index contributed by atoms with van der Waals surface area (Å²) in [4.78, 5) is 28.3. The summed E-state index contributed by atoms with van der Waals surface area (Å²) in [5.74, 6) is -1.08. The van der Waals surface area contributed by atoms with Crippen molar-refractivity contribution in [1.82, 2.24) is 10.2 Å². The number of benzene rings is 3. The molecule has 38 heavy (non-hydrogen) atoms. The van der Waals surface area contributed by atoms with Gasteiger partial charge in [0.1, 0.15) is 24.2 Å². The van der Waals surface area contributed by atoms with Crippen LogP contribution in [-0.4, -0.2) is 57.6 Å². The Bertz CT molecular complexity index is 1330. The molecular weight excluding hydrogens is 509 g/mol. The third kappa shape index (κ3) is 7.55. The maximum atomic E-state index is 14.7. The van der Waals surface area contributed by atoms with E-state index in [-0.39, 0.29) is 24.2 Å². The van der Waals surface area contributed by atoms with E-state index < -0.39 is 40.2 Å². The summed E-state index contributed by atoms with van der Waals surface area (Å²) in [6, 6.07) is 20.3. The van der Waals surface area contributed by atoms with Crippen LogP contribution in [0, 0.1) is 5.82 Å². The van der Waals surface area contributed by atoms with Gasteiger partial charge in [0.25, 0.3) is 0 Å². The zero-order chi connectivity index (χ0) is 27.7. The summed E-state index contributed by atoms with van der Waals surface area (Å²) in [5, 5.41) is 2.76. The van der Waals surface area contributed by atoms with Crippen LogP contribution < -0.4 is 14.4 Å². The van der Waals surface area contributed by atoms with Gasteiger partial charge in [0.05, 0.1) is 19.1 Å². The Labute approximate surface area is 223 Å². The molecule has 3 aromatic carbocycles. The maximum Gasteiger partial charge on any atom is 0.244 e. The number of nitrogens with zero attached hydrogens (tertiary/aromatic N) is 2.